The number of rotatable bonds is 6. The van der Waals surface area contributed by atoms with E-state index in [0.717, 1.165) is 12.8 Å². The first kappa shape index (κ1) is 14.7. The zero-order valence-electron chi connectivity index (χ0n) is 10.7. The Balaban J connectivity index is 2.54. The Hall–Kier alpha value is -1.35. The summed E-state index contributed by atoms with van der Waals surface area (Å²) in [6.07, 6.45) is 1.57. The van der Waals surface area contributed by atoms with Crippen LogP contribution in [0.5, 0.6) is 0 Å². The summed E-state index contributed by atoms with van der Waals surface area (Å²) in [4.78, 5) is 23.5. The molecule has 98 valence electrons. The lowest BCUT2D eigenvalue weighted by molar-refractivity contribution is -0.125. The Bertz CT molecular complexity index is 428. The molecule has 0 heterocycles. The van der Waals surface area contributed by atoms with Crippen LogP contribution in [0, 0.1) is 5.92 Å². The number of Topliss-reactive ketones (excluding diaryl/α,β-unsaturated/α-hetero) is 1. The van der Waals surface area contributed by atoms with Gasteiger partial charge in [-0.25, -0.2) is 0 Å². The smallest absolute Gasteiger partial charge is 0.223 e. The molecule has 0 bridgehead atoms. The molecule has 0 aliphatic carbocycles. The molecule has 1 aromatic carbocycles. The molecule has 0 aliphatic heterocycles. The van der Waals surface area contributed by atoms with Gasteiger partial charge in [0.1, 0.15) is 0 Å². The lowest BCUT2D eigenvalue weighted by Crippen LogP contribution is -2.34. The van der Waals surface area contributed by atoms with E-state index in [-0.39, 0.29) is 24.2 Å². The van der Waals surface area contributed by atoms with E-state index in [0.29, 0.717) is 10.6 Å². The van der Waals surface area contributed by atoms with Crippen molar-refractivity contribution in [1.82, 2.24) is 5.32 Å². The number of carbonyl (C=O) groups is 2. The minimum Gasteiger partial charge on any atom is -0.348 e. The van der Waals surface area contributed by atoms with Gasteiger partial charge >= 0.3 is 0 Å². The summed E-state index contributed by atoms with van der Waals surface area (Å²) in [5.74, 6) is -0.204. The van der Waals surface area contributed by atoms with Crippen LogP contribution in [-0.2, 0) is 4.79 Å². The summed E-state index contributed by atoms with van der Waals surface area (Å²) >= 11 is 5.81. The Morgan fingerprint density at radius 2 is 1.94 bits per heavy atom. The number of ketones is 1. The van der Waals surface area contributed by atoms with Crippen molar-refractivity contribution in [1.29, 1.82) is 0 Å². The zero-order valence-corrected chi connectivity index (χ0v) is 11.5. The molecule has 0 aromatic heterocycles. The first-order valence-corrected chi connectivity index (χ1v) is 6.52. The minimum atomic E-state index is -0.128. The normalized spacial score (nSPS) is 10.4. The Morgan fingerprint density at radius 3 is 2.50 bits per heavy atom. The van der Waals surface area contributed by atoms with Gasteiger partial charge in [0.25, 0.3) is 0 Å². The molecule has 0 unspecified atom stereocenters. The second kappa shape index (κ2) is 7.17. The SMILES string of the molecule is CCC(CC)C(=O)NCC(=O)c1cccc(Cl)c1. The number of amides is 1. The highest BCUT2D eigenvalue weighted by Crippen LogP contribution is 2.11. The molecule has 0 fully saturated rings. The summed E-state index contributed by atoms with van der Waals surface area (Å²) in [7, 11) is 0. The average molecular weight is 268 g/mol. The van der Waals surface area contributed by atoms with Gasteiger partial charge in [-0.2, -0.15) is 0 Å². The number of carbonyl (C=O) groups excluding carboxylic acids is 2. The van der Waals surface area contributed by atoms with E-state index < -0.39 is 0 Å². The second-order valence-electron chi connectivity index (χ2n) is 4.16. The van der Waals surface area contributed by atoms with Gasteiger partial charge in [0.05, 0.1) is 6.54 Å². The summed E-state index contributed by atoms with van der Waals surface area (Å²) in [5.41, 5.74) is 0.521. The van der Waals surface area contributed by atoms with Gasteiger partial charge in [-0.15, -0.1) is 0 Å². The highest BCUT2D eigenvalue weighted by atomic mass is 35.5. The maximum Gasteiger partial charge on any atom is 0.223 e. The molecule has 1 N–H and O–H groups in total. The van der Waals surface area contributed by atoms with Crippen molar-refractivity contribution in [2.75, 3.05) is 6.54 Å². The van der Waals surface area contributed by atoms with Gasteiger partial charge in [-0.3, -0.25) is 9.59 Å². The largest absolute Gasteiger partial charge is 0.348 e. The standard InChI is InChI=1S/C14H18ClNO2/c1-3-10(4-2)14(18)16-9-13(17)11-6-5-7-12(15)8-11/h5-8,10H,3-4,9H2,1-2H3,(H,16,18). The summed E-state index contributed by atoms with van der Waals surface area (Å²) in [5, 5.41) is 3.19. The summed E-state index contributed by atoms with van der Waals surface area (Å²) in [6, 6.07) is 6.73. The van der Waals surface area contributed by atoms with Gasteiger partial charge in [-0.1, -0.05) is 37.6 Å². The molecule has 3 nitrogen and oxygen atoms in total. The number of nitrogens with one attached hydrogen (secondary N) is 1. The van der Waals surface area contributed by atoms with E-state index >= 15 is 0 Å². The molecule has 0 atom stereocenters. The molecular weight excluding hydrogens is 250 g/mol. The molecular formula is C14H18ClNO2. The van der Waals surface area contributed by atoms with Crippen molar-refractivity contribution in [2.24, 2.45) is 5.92 Å². The third kappa shape index (κ3) is 4.15. The molecule has 0 saturated carbocycles. The van der Waals surface area contributed by atoms with Crippen LogP contribution in [0.3, 0.4) is 0 Å². The quantitative estimate of drug-likeness (QED) is 0.805. The van der Waals surface area contributed by atoms with Crippen LogP contribution in [0.25, 0.3) is 0 Å². The molecule has 4 heteroatoms. The van der Waals surface area contributed by atoms with Crippen LogP contribution >= 0.6 is 11.6 Å². The van der Waals surface area contributed by atoms with E-state index in [1.54, 1.807) is 24.3 Å². The number of benzene rings is 1. The van der Waals surface area contributed by atoms with Crippen molar-refractivity contribution in [3.05, 3.63) is 34.9 Å². The predicted octanol–water partition coefficient (Wildman–Crippen LogP) is 3.08. The number of halogens is 1. The summed E-state index contributed by atoms with van der Waals surface area (Å²) in [6.45, 7) is 3.95. The maximum absolute atomic E-state index is 11.8. The van der Waals surface area contributed by atoms with Gasteiger partial charge in [0.15, 0.2) is 5.78 Å². The zero-order chi connectivity index (χ0) is 13.5. The number of hydrogen-bond donors (Lipinski definition) is 1. The van der Waals surface area contributed by atoms with E-state index in [1.807, 2.05) is 13.8 Å². The molecule has 0 aliphatic rings. The Kier molecular flexibility index (Phi) is 5.86. The Morgan fingerprint density at radius 1 is 1.28 bits per heavy atom. The van der Waals surface area contributed by atoms with E-state index in [4.69, 9.17) is 11.6 Å². The van der Waals surface area contributed by atoms with E-state index in [9.17, 15) is 9.59 Å². The first-order chi connectivity index (χ1) is 8.58. The highest BCUT2D eigenvalue weighted by molar-refractivity contribution is 6.31. The van der Waals surface area contributed by atoms with Gasteiger partial charge in [0.2, 0.25) is 5.91 Å². The average Bonchev–Trinajstić information content (AvgIpc) is 2.37. The van der Waals surface area contributed by atoms with Crippen LogP contribution in [-0.4, -0.2) is 18.2 Å². The number of hydrogen-bond acceptors (Lipinski definition) is 2. The lowest BCUT2D eigenvalue weighted by Gasteiger charge is -2.12. The highest BCUT2D eigenvalue weighted by Gasteiger charge is 2.15. The minimum absolute atomic E-state index is 0.0165. The van der Waals surface area contributed by atoms with Gasteiger partial charge < -0.3 is 5.32 Å². The molecule has 18 heavy (non-hydrogen) atoms. The van der Waals surface area contributed by atoms with Gasteiger partial charge in [0, 0.05) is 16.5 Å². The van der Waals surface area contributed by atoms with Gasteiger partial charge in [-0.05, 0) is 25.0 Å². The fourth-order valence-corrected chi connectivity index (χ4v) is 1.93. The monoisotopic (exact) mass is 267 g/mol. The van der Waals surface area contributed by atoms with Crippen LogP contribution in [0.15, 0.2) is 24.3 Å². The van der Waals surface area contributed by atoms with Crippen molar-refractivity contribution in [3.8, 4) is 0 Å². The van der Waals surface area contributed by atoms with Crippen LogP contribution in [0.1, 0.15) is 37.0 Å². The fraction of sp³-hybridized carbons (Fsp3) is 0.429. The third-order valence-electron chi connectivity index (χ3n) is 2.93. The summed E-state index contributed by atoms with van der Waals surface area (Å²) < 4.78 is 0. The molecule has 0 saturated heterocycles. The van der Waals surface area contributed by atoms with Crippen molar-refractivity contribution >= 4 is 23.3 Å². The molecule has 0 radical (unpaired) electrons. The van der Waals surface area contributed by atoms with E-state index in [1.165, 1.54) is 0 Å². The third-order valence-corrected chi connectivity index (χ3v) is 3.16. The molecule has 0 spiro atoms. The molecule has 1 aromatic rings. The van der Waals surface area contributed by atoms with Crippen molar-refractivity contribution in [2.45, 2.75) is 26.7 Å². The maximum atomic E-state index is 11.8. The Labute approximate surface area is 113 Å². The van der Waals surface area contributed by atoms with Crippen LogP contribution < -0.4 is 5.32 Å². The van der Waals surface area contributed by atoms with E-state index in [2.05, 4.69) is 5.32 Å². The fourth-order valence-electron chi connectivity index (χ4n) is 1.74. The van der Waals surface area contributed by atoms with Crippen molar-refractivity contribution < 1.29 is 9.59 Å². The van der Waals surface area contributed by atoms with Crippen molar-refractivity contribution in [3.63, 3.8) is 0 Å². The first-order valence-electron chi connectivity index (χ1n) is 6.15. The van der Waals surface area contributed by atoms with Crippen LogP contribution in [0.4, 0.5) is 0 Å². The topological polar surface area (TPSA) is 46.2 Å². The van der Waals surface area contributed by atoms with Crippen LogP contribution in [0.2, 0.25) is 5.02 Å². The lowest BCUT2D eigenvalue weighted by atomic mass is 10.0. The second-order valence-corrected chi connectivity index (χ2v) is 4.60. The molecule has 1 rings (SSSR count). The predicted molar refractivity (Wildman–Crippen MR) is 72.9 cm³/mol. The molecule has 1 amide bonds.